The molecule has 1 saturated carbocycles. The van der Waals surface area contributed by atoms with Crippen molar-refractivity contribution < 1.29 is 14.7 Å². The van der Waals surface area contributed by atoms with Crippen molar-refractivity contribution in [3.63, 3.8) is 0 Å². The monoisotopic (exact) mass is 475 g/mol. The molecule has 2 aliphatic carbocycles. The topological polar surface area (TPSA) is 58.9 Å². The first-order valence-electron chi connectivity index (χ1n) is 13.3. The average Bonchev–Trinajstić information content (AvgIpc) is 2.83. The van der Waals surface area contributed by atoms with Crippen LogP contribution in [0.1, 0.15) is 107 Å². The predicted octanol–water partition coefficient (Wildman–Crippen LogP) is 7.63. The number of carboxylic acids is 1. The summed E-state index contributed by atoms with van der Waals surface area (Å²) in [5.41, 5.74) is 6.53. The summed E-state index contributed by atoms with van der Waals surface area (Å²) >= 11 is 0. The summed E-state index contributed by atoms with van der Waals surface area (Å²) in [7, 11) is 0. The van der Waals surface area contributed by atoms with Gasteiger partial charge in [0.2, 0.25) is 0 Å². The van der Waals surface area contributed by atoms with Crippen molar-refractivity contribution in [3.05, 3.63) is 70.3 Å². The Hall–Kier alpha value is -2.62. The van der Waals surface area contributed by atoms with E-state index in [1.807, 2.05) is 25.1 Å². The summed E-state index contributed by atoms with van der Waals surface area (Å²) in [4.78, 5) is 18.3. The van der Waals surface area contributed by atoms with Crippen LogP contribution >= 0.6 is 0 Å². The van der Waals surface area contributed by atoms with Gasteiger partial charge in [-0.25, -0.2) is 0 Å². The molecule has 1 fully saturated rings. The molecule has 4 heteroatoms. The molecule has 0 unspecified atom stereocenters. The fourth-order valence-electron chi connectivity index (χ4n) is 6.74. The molecule has 2 aromatic carbocycles. The van der Waals surface area contributed by atoms with Gasteiger partial charge >= 0.3 is 5.97 Å². The highest BCUT2D eigenvalue weighted by atomic mass is 16.6. The molecule has 188 valence electrons. The minimum Gasteiger partial charge on any atom is -0.481 e. The molecule has 0 aliphatic heterocycles. The van der Waals surface area contributed by atoms with Crippen molar-refractivity contribution in [2.75, 3.05) is 0 Å². The summed E-state index contributed by atoms with van der Waals surface area (Å²) < 4.78 is 0. The number of fused-ring (bicyclic) bond motifs is 3. The number of benzene rings is 2. The van der Waals surface area contributed by atoms with Gasteiger partial charge in [0.25, 0.3) is 0 Å². The Morgan fingerprint density at radius 3 is 2.57 bits per heavy atom. The van der Waals surface area contributed by atoms with E-state index in [0.29, 0.717) is 12.5 Å². The van der Waals surface area contributed by atoms with E-state index in [1.54, 1.807) is 0 Å². The molecule has 35 heavy (non-hydrogen) atoms. The Labute approximate surface area is 210 Å². The normalized spacial score (nSPS) is 26.2. The maximum atomic E-state index is 12.4. The second-order valence-electron chi connectivity index (χ2n) is 11.4. The lowest BCUT2D eigenvalue weighted by molar-refractivity contribution is -0.157. The van der Waals surface area contributed by atoms with Crippen molar-refractivity contribution >= 4 is 11.7 Å². The van der Waals surface area contributed by atoms with Crippen LogP contribution < -0.4 is 0 Å². The Morgan fingerprint density at radius 2 is 1.91 bits per heavy atom. The third-order valence-corrected chi connectivity index (χ3v) is 8.68. The lowest BCUT2D eigenvalue weighted by atomic mass is 9.49. The molecule has 1 N–H and O–H groups in total. The molecule has 4 nitrogen and oxygen atoms in total. The highest BCUT2D eigenvalue weighted by Crippen LogP contribution is 2.57. The lowest BCUT2D eigenvalue weighted by Gasteiger charge is -2.53. The lowest BCUT2D eigenvalue weighted by Crippen LogP contribution is -2.52. The van der Waals surface area contributed by atoms with Gasteiger partial charge in [-0.1, -0.05) is 82.1 Å². The first kappa shape index (κ1) is 25.5. The second kappa shape index (κ2) is 10.2. The maximum Gasteiger partial charge on any atom is 0.309 e. The molecule has 0 spiro atoms. The summed E-state index contributed by atoms with van der Waals surface area (Å²) in [6, 6.07) is 14.9. The molecule has 0 aromatic heterocycles. The molecule has 0 bridgehead atoms. The van der Waals surface area contributed by atoms with Crippen molar-refractivity contribution in [3.8, 4) is 0 Å². The van der Waals surface area contributed by atoms with Crippen LogP contribution in [0.15, 0.2) is 47.6 Å². The van der Waals surface area contributed by atoms with Gasteiger partial charge in [0.1, 0.15) is 6.61 Å². The van der Waals surface area contributed by atoms with Gasteiger partial charge in [-0.05, 0) is 84.6 Å². The van der Waals surface area contributed by atoms with Crippen LogP contribution in [-0.4, -0.2) is 16.8 Å². The zero-order valence-corrected chi connectivity index (χ0v) is 22.1. The molecule has 4 rings (SSSR count). The number of carboxylic acid groups (broad SMARTS) is 1. The van der Waals surface area contributed by atoms with Gasteiger partial charge < -0.3 is 9.94 Å². The highest BCUT2D eigenvalue weighted by molar-refractivity contribution is 6.02. The van der Waals surface area contributed by atoms with E-state index in [-0.39, 0.29) is 11.3 Å². The molecule has 0 radical (unpaired) electrons. The Morgan fingerprint density at radius 1 is 1.17 bits per heavy atom. The van der Waals surface area contributed by atoms with Crippen molar-refractivity contribution in [2.45, 2.75) is 97.5 Å². The maximum absolute atomic E-state index is 12.4. The number of hydrogen-bond donors (Lipinski definition) is 1. The van der Waals surface area contributed by atoms with Crippen LogP contribution in [0.25, 0.3) is 0 Å². The van der Waals surface area contributed by atoms with Crippen LogP contribution in [0.3, 0.4) is 0 Å². The van der Waals surface area contributed by atoms with Crippen molar-refractivity contribution in [1.82, 2.24) is 0 Å². The Balaban J connectivity index is 1.77. The van der Waals surface area contributed by atoms with Gasteiger partial charge in [0.05, 0.1) is 11.1 Å². The number of rotatable bonds is 8. The smallest absolute Gasteiger partial charge is 0.309 e. The van der Waals surface area contributed by atoms with Crippen LogP contribution in [0.2, 0.25) is 0 Å². The van der Waals surface area contributed by atoms with Crippen LogP contribution in [0.4, 0.5) is 0 Å². The Kier molecular flexibility index (Phi) is 7.40. The van der Waals surface area contributed by atoms with Crippen LogP contribution in [-0.2, 0) is 28.1 Å². The van der Waals surface area contributed by atoms with E-state index in [2.05, 4.69) is 57.1 Å². The SMILES string of the molecule is CCCC(=NOCc1ccccc1)c1cc2c(cc1C(C)C)CC[C@H]1[C@](C)(C(=O)O)CCC[C@]21C. The standard InChI is InChI=1S/C31H41NO3/c1-6-11-27(32-35-20-22-12-8-7-9-13-22)25-19-26-23(18-24(25)21(2)3)14-15-28-30(26,4)16-10-17-31(28,5)29(33)34/h7-9,12-13,18-19,21,28H,6,10-11,14-17,20H2,1-5H3,(H,33,34)/t28-,30-,31-/m1/s1. The zero-order valence-electron chi connectivity index (χ0n) is 22.1. The van der Waals surface area contributed by atoms with Crippen molar-refractivity contribution in [1.29, 1.82) is 0 Å². The van der Waals surface area contributed by atoms with Gasteiger partial charge in [-0.3, -0.25) is 4.79 Å². The quantitative estimate of drug-likeness (QED) is 0.315. The minimum absolute atomic E-state index is 0.133. The largest absolute Gasteiger partial charge is 0.481 e. The molecule has 0 heterocycles. The second-order valence-corrected chi connectivity index (χ2v) is 11.4. The number of oxime groups is 1. The highest BCUT2D eigenvalue weighted by Gasteiger charge is 2.55. The predicted molar refractivity (Wildman–Crippen MR) is 142 cm³/mol. The molecule has 2 aliphatic rings. The fraction of sp³-hybridized carbons (Fsp3) is 0.548. The van der Waals surface area contributed by atoms with Gasteiger partial charge in [-0.15, -0.1) is 0 Å². The van der Waals surface area contributed by atoms with Crippen molar-refractivity contribution in [2.24, 2.45) is 16.5 Å². The van der Waals surface area contributed by atoms with E-state index in [4.69, 9.17) is 4.84 Å². The minimum atomic E-state index is -0.666. The van der Waals surface area contributed by atoms with Gasteiger partial charge in [0, 0.05) is 5.56 Å². The van der Waals surface area contributed by atoms with E-state index in [1.165, 1.54) is 22.3 Å². The molecular formula is C31H41NO3. The molecule has 0 saturated heterocycles. The number of aryl methyl sites for hydroxylation is 1. The summed E-state index contributed by atoms with van der Waals surface area (Å²) in [6.07, 6.45) is 6.48. The van der Waals surface area contributed by atoms with E-state index in [9.17, 15) is 9.90 Å². The number of aliphatic carboxylic acids is 1. The number of hydrogen-bond acceptors (Lipinski definition) is 3. The van der Waals surface area contributed by atoms with Crippen LogP contribution in [0.5, 0.6) is 0 Å². The summed E-state index contributed by atoms with van der Waals surface area (Å²) in [5, 5.41) is 14.9. The number of nitrogens with zero attached hydrogens (tertiary/aromatic N) is 1. The average molecular weight is 476 g/mol. The van der Waals surface area contributed by atoms with Gasteiger partial charge in [-0.2, -0.15) is 0 Å². The first-order valence-corrected chi connectivity index (χ1v) is 13.3. The fourth-order valence-corrected chi connectivity index (χ4v) is 6.74. The molecule has 3 atom stereocenters. The van der Waals surface area contributed by atoms with Crippen LogP contribution in [0, 0.1) is 11.3 Å². The molecule has 2 aromatic rings. The third kappa shape index (κ3) is 4.77. The summed E-state index contributed by atoms with van der Waals surface area (Å²) in [6.45, 7) is 11.4. The third-order valence-electron chi connectivity index (χ3n) is 8.68. The molecular weight excluding hydrogens is 434 g/mol. The van der Waals surface area contributed by atoms with Gasteiger partial charge in [0.15, 0.2) is 0 Å². The van der Waals surface area contributed by atoms with E-state index in [0.717, 1.165) is 56.2 Å². The molecule has 0 amide bonds. The zero-order chi connectivity index (χ0) is 25.2. The first-order chi connectivity index (χ1) is 16.7. The summed E-state index contributed by atoms with van der Waals surface area (Å²) in [5.74, 6) is -0.126. The van der Waals surface area contributed by atoms with E-state index >= 15 is 0 Å². The Bertz CT molecular complexity index is 1090. The number of carbonyl (C=O) groups is 1. The van der Waals surface area contributed by atoms with E-state index < -0.39 is 11.4 Å².